The minimum absolute atomic E-state index is 0.301. The van der Waals surface area contributed by atoms with Crippen LogP contribution in [0.25, 0.3) is 0 Å². The van der Waals surface area contributed by atoms with Crippen LogP contribution >= 0.6 is 44.1 Å². The average molecular weight is 367 g/mol. The first-order valence-corrected chi connectivity index (χ1v) is 6.79. The molecule has 2 N–H and O–H groups in total. The van der Waals surface area contributed by atoms with Crippen molar-refractivity contribution in [3.05, 3.63) is 20.7 Å². The fraction of sp³-hybridized carbons (Fsp3) is 0.400. The Hall–Kier alpha value is -0.200. The van der Waals surface area contributed by atoms with E-state index in [2.05, 4.69) is 47.5 Å². The van der Waals surface area contributed by atoms with Crippen LogP contribution in [-0.2, 0) is 0 Å². The van der Waals surface area contributed by atoms with Crippen LogP contribution in [0.4, 0.5) is 5.82 Å². The van der Waals surface area contributed by atoms with E-state index in [0.29, 0.717) is 11.2 Å². The summed E-state index contributed by atoms with van der Waals surface area (Å²) >= 11 is 12.1. The van der Waals surface area contributed by atoms with Crippen molar-refractivity contribution in [3.8, 4) is 0 Å². The Labute approximate surface area is 118 Å². The van der Waals surface area contributed by atoms with Gasteiger partial charge in [-0.25, -0.2) is 4.98 Å². The Morgan fingerprint density at radius 2 is 2.06 bits per heavy atom. The fourth-order valence-electron chi connectivity index (χ4n) is 1.05. The van der Waals surface area contributed by atoms with Crippen LogP contribution in [-0.4, -0.2) is 16.1 Å². The molecule has 1 rings (SSSR count). The van der Waals surface area contributed by atoms with Crippen LogP contribution in [0.2, 0.25) is 0 Å². The minimum atomic E-state index is 0.301. The summed E-state index contributed by atoms with van der Waals surface area (Å²) in [5.41, 5.74) is 1.09. The van der Waals surface area contributed by atoms with Crippen LogP contribution in [0.15, 0.2) is 15.1 Å². The largest absolute Gasteiger partial charge is 0.360 e. The van der Waals surface area contributed by atoms with E-state index in [1.54, 1.807) is 6.20 Å². The Balaban J connectivity index is 2.82. The molecule has 0 fully saturated rings. The lowest BCUT2D eigenvalue weighted by molar-refractivity contribution is 0.739. The normalized spacial score (nSPS) is 10.4. The second kappa shape index (κ2) is 5.93. The number of nitrogens with zero attached hydrogens (tertiary/aromatic N) is 1. The van der Waals surface area contributed by atoms with E-state index in [4.69, 9.17) is 12.2 Å². The van der Waals surface area contributed by atoms with Crippen LogP contribution in [0.1, 0.15) is 19.4 Å². The van der Waals surface area contributed by atoms with Gasteiger partial charge in [-0.2, -0.15) is 0 Å². The van der Waals surface area contributed by atoms with Crippen LogP contribution < -0.4 is 10.6 Å². The van der Waals surface area contributed by atoms with E-state index >= 15 is 0 Å². The maximum absolute atomic E-state index is 5.15. The summed E-state index contributed by atoms with van der Waals surface area (Å²) in [6.07, 6.45) is 1.75. The first-order valence-electron chi connectivity index (χ1n) is 4.80. The van der Waals surface area contributed by atoms with Gasteiger partial charge in [0.05, 0.1) is 4.47 Å². The highest BCUT2D eigenvalue weighted by atomic mass is 79.9. The first-order chi connectivity index (χ1) is 7.41. The predicted octanol–water partition coefficient (Wildman–Crippen LogP) is 3.61. The molecule has 1 aromatic heterocycles. The van der Waals surface area contributed by atoms with E-state index in [9.17, 15) is 0 Å². The molecule has 0 spiro atoms. The molecule has 0 radical (unpaired) electrons. The summed E-state index contributed by atoms with van der Waals surface area (Å²) in [6.45, 7) is 6.06. The Bertz CT molecular complexity index is 407. The van der Waals surface area contributed by atoms with Crippen molar-refractivity contribution in [1.29, 1.82) is 0 Å². The molecular weight excluding hydrogens is 354 g/mol. The van der Waals surface area contributed by atoms with Gasteiger partial charge in [0.15, 0.2) is 5.11 Å². The van der Waals surface area contributed by atoms with Crippen molar-refractivity contribution in [2.75, 3.05) is 5.32 Å². The van der Waals surface area contributed by atoms with Crippen LogP contribution in [0.3, 0.4) is 0 Å². The monoisotopic (exact) mass is 365 g/mol. The maximum atomic E-state index is 5.15. The highest BCUT2D eigenvalue weighted by Gasteiger charge is 2.09. The zero-order chi connectivity index (χ0) is 12.3. The number of halogens is 2. The van der Waals surface area contributed by atoms with Crippen molar-refractivity contribution in [2.24, 2.45) is 0 Å². The van der Waals surface area contributed by atoms with Crippen molar-refractivity contribution >= 4 is 55.0 Å². The molecule has 0 aliphatic heterocycles. The molecule has 0 saturated carbocycles. The molecule has 16 heavy (non-hydrogen) atoms. The highest BCUT2D eigenvalue weighted by molar-refractivity contribution is 9.11. The number of thiocarbonyl (C=S) groups is 1. The molecule has 0 aliphatic rings. The van der Waals surface area contributed by atoms with Crippen molar-refractivity contribution in [2.45, 2.75) is 26.8 Å². The summed E-state index contributed by atoms with van der Waals surface area (Å²) in [5, 5.41) is 6.73. The molecule has 1 aromatic rings. The third-order valence-electron chi connectivity index (χ3n) is 1.85. The summed E-state index contributed by atoms with van der Waals surface area (Å²) in [7, 11) is 0. The molecule has 0 amide bonds. The van der Waals surface area contributed by atoms with Gasteiger partial charge in [-0.3, -0.25) is 0 Å². The standard InChI is InChI=1S/C10H13Br2N3S/c1-5(2)14-10(16)15-9-8(12)6(3)7(11)4-13-9/h4-5H,1-3H3,(H2,13,14,15,16). The van der Waals surface area contributed by atoms with E-state index in [-0.39, 0.29) is 0 Å². The topological polar surface area (TPSA) is 37.0 Å². The molecule has 0 aliphatic carbocycles. The van der Waals surface area contributed by atoms with Gasteiger partial charge in [0.25, 0.3) is 0 Å². The lowest BCUT2D eigenvalue weighted by atomic mass is 10.3. The van der Waals surface area contributed by atoms with E-state index in [1.165, 1.54) is 0 Å². The van der Waals surface area contributed by atoms with Gasteiger partial charge >= 0.3 is 0 Å². The van der Waals surface area contributed by atoms with Gasteiger partial charge in [-0.1, -0.05) is 0 Å². The Morgan fingerprint density at radius 1 is 1.44 bits per heavy atom. The lowest BCUT2D eigenvalue weighted by Gasteiger charge is -2.14. The molecule has 88 valence electrons. The zero-order valence-corrected chi connectivity index (χ0v) is 13.3. The molecule has 6 heteroatoms. The molecule has 3 nitrogen and oxygen atoms in total. The van der Waals surface area contributed by atoms with Gasteiger partial charge in [0, 0.05) is 16.7 Å². The molecule has 0 unspecified atom stereocenters. The van der Waals surface area contributed by atoms with Crippen molar-refractivity contribution in [1.82, 2.24) is 10.3 Å². The summed E-state index contributed by atoms with van der Waals surface area (Å²) in [5.74, 6) is 0.721. The highest BCUT2D eigenvalue weighted by Crippen LogP contribution is 2.29. The minimum Gasteiger partial charge on any atom is -0.360 e. The lowest BCUT2D eigenvalue weighted by Crippen LogP contribution is -2.34. The number of rotatable bonds is 2. The number of anilines is 1. The number of aromatic nitrogens is 1. The van der Waals surface area contributed by atoms with Gasteiger partial charge in [0.2, 0.25) is 0 Å². The van der Waals surface area contributed by atoms with E-state index in [0.717, 1.165) is 20.3 Å². The van der Waals surface area contributed by atoms with Crippen molar-refractivity contribution in [3.63, 3.8) is 0 Å². The summed E-state index contributed by atoms with van der Waals surface area (Å²) in [6, 6.07) is 0.301. The zero-order valence-electron chi connectivity index (χ0n) is 9.27. The Kier molecular flexibility index (Phi) is 5.14. The second-order valence-corrected chi connectivity index (χ2v) is 5.70. The van der Waals surface area contributed by atoms with Gasteiger partial charge in [-0.15, -0.1) is 0 Å². The van der Waals surface area contributed by atoms with Crippen LogP contribution in [0.5, 0.6) is 0 Å². The molecule has 0 atom stereocenters. The van der Waals surface area contributed by atoms with Crippen LogP contribution in [0, 0.1) is 6.92 Å². The van der Waals surface area contributed by atoms with Gasteiger partial charge in [0.1, 0.15) is 5.82 Å². The summed E-state index contributed by atoms with van der Waals surface area (Å²) < 4.78 is 1.88. The smallest absolute Gasteiger partial charge is 0.172 e. The SMILES string of the molecule is Cc1c(Br)cnc(NC(=S)NC(C)C)c1Br. The quantitative estimate of drug-likeness (QED) is 0.784. The van der Waals surface area contributed by atoms with Gasteiger partial charge < -0.3 is 10.6 Å². The summed E-state index contributed by atoms with van der Waals surface area (Å²) in [4.78, 5) is 4.25. The second-order valence-electron chi connectivity index (χ2n) is 3.65. The van der Waals surface area contributed by atoms with E-state index in [1.807, 2.05) is 20.8 Å². The predicted molar refractivity (Wildman–Crippen MR) is 78.9 cm³/mol. The molecule has 0 aromatic carbocycles. The first kappa shape index (κ1) is 13.9. The number of pyridine rings is 1. The third-order valence-corrected chi connectivity index (χ3v) is 3.84. The number of hydrogen-bond acceptors (Lipinski definition) is 2. The molecular formula is C10H13Br2N3S. The molecule has 0 saturated heterocycles. The average Bonchev–Trinajstić information content (AvgIpc) is 2.18. The van der Waals surface area contributed by atoms with E-state index < -0.39 is 0 Å². The van der Waals surface area contributed by atoms with Gasteiger partial charge in [-0.05, 0) is 70.4 Å². The fourth-order valence-corrected chi connectivity index (χ4v) is 2.36. The Morgan fingerprint density at radius 3 is 2.62 bits per heavy atom. The molecule has 0 bridgehead atoms. The molecule has 1 heterocycles. The third kappa shape index (κ3) is 3.68. The maximum Gasteiger partial charge on any atom is 0.172 e. The number of hydrogen-bond donors (Lipinski definition) is 2. The number of nitrogens with one attached hydrogen (secondary N) is 2. The van der Waals surface area contributed by atoms with Crippen molar-refractivity contribution < 1.29 is 0 Å².